The number of aromatic amines is 1. The van der Waals surface area contributed by atoms with Gasteiger partial charge in [0.25, 0.3) is 0 Å². The van der Waals surface area contributed by atoms with Gasteiger partial charge in [-0.15, -0.1) is 11.8 Å². The van der Waals surface area contributed by atoms with E-state index in [-0.39, 0.29) is 5.54 Å². The average Bonchev–Trinajstić information content (AvgIpc) is 3.01. The van der Waals surface area contributed by atoms with Crippen LogP contribution in [0.5, 0.6) is 0 Å². The Hall–Kier alpha value is -2.20. The van der Waals surface area contributed by atoms with E-state index in [2.05, 4.69) is 60.4 Å². The summed E-state index contributed by atoms with van der Waals surface area (Å²) >= 11 is 1.80. The number of carbonyl (C=O) groups is 1. The predicted octanol–water partition coefficient (Wildman–Crippen LogP) is 4.19. The number of carbonyl (C=O) groups excluding carboxylic acids is 1. The van der Waals surface area contributed by atoms with Crippen LogP contribution in [0.25, 0.3) is 10.9 Å². The highest BCUT2D eigenvalue weighted by Gasteiger charge is 2.40. The molecular formula is C20H20N2OS. The molecular weight excluding hydrogens is 316 g/mol. The fraction of sp³-hybridized carbons (Fsp3) is 0.250. The Balaban J connectivity index is 1.75. The summed E-state index contributed by atoms with van der Waals surface area (Å²) in [6, 6.07) is 18.8. The highest BCUT2D eigenvalue weighted by Crippen LogP contribution is 2.41. The van der Waals surface area contributed by atoms with Crippen LogP contribution in [-0.2, 0) is 16.8 Å². The van der Waals surface area contributed by atoms with Crippen molar-refractivity contribution in [2.45, 2.75) is 23.8 Å². The molecule has 0 fully saturated rings. The minimum absolute atomic E-state index is 0.325. The van der Waals surface area contributed by atoms with Crippen molar-refractivity contribution >= 4 is 29.1 Å². The molecule has 0 bridgehead atoms. The quantitative estimate of drug-likeness (QED) is 0.573. The molecule has 1 aromatic heterocycles. The van der Waals surface area contributed by atoms with Gasteiger partial charge in [0, 0.05) is 33.8 Å². The third kappa shape index (κ3) is 2.42. The molecule has 1 aliphatic rings. The molecule has 1 N–H and O–H groups in total. The Morgan fingerprint density at radius 3 is 2.71 bits per heavy atom. The van der Waals surface area contributed by atoms with E-state index < -0.39 is 0 Å². The van der Waals surface area contributed by atoms with Gasteiger partial charge in [0.15, 0.2) is 0 Å². The molecule has 1 atom stereocenters. The maximum absolute atomic E-state index is 11.7. The van der Waals surface area contributed by atoms with Crippen molar-refractivity contribution in [3.63, 3.8) is 0 Å². The van der Waals surface area contributed by atoms with Crippen molar-refractivity contribution < 1.29 is 4.79 Å². The number of rotatable bonds is 4. The van der Waals surface area contributed by atoms with Gasteiger partial charge in [-0.2, -0.15) is 0 Å². The lowest BCUT2D eigenvalue weighted by Crippen LogP contribution is -2.49. The second-order valence-corrected chi connectivity index (χ2v) is 7.50. The van der Waals surface area contributed by atoms with E-state index in [1.54, 1.807) is 11.8 Å². The first kappa shape index (κ1) is 15.3. The lowest BCUT2D eigenvalue weighted by atomic mass is 9.88. The fourth-order valence-electron chi connectivity index (χ4n) is 3.61. The molecule has 0 spiro atoms. The van der Waals surface area contributed by atoms with E-state index in [4.69, 9.17) is 0 Å². The zero-order chi connectivity index (χ0) is 16.6. The van der Waals surface area contributed by atoms with Crippen molar-refractivity contribution in [2.75, 3.05) is 12.3 Å². The topological polar surface area (TPSA) is 36.1 Å². The third-order valence-corrected chi connectivity index (χ3v) is 6.29. The lowest BCUT2D eigenvalue weighted by Gasteiger charge is -2.42. The molecule has 4 heteroatoms. The van der Waals surface area contributed by atoms with E-state index >= 15 is 0 Å². The molecule has 24 heavy (non-hydrogen) atoms. The van der Waals surface area contributed by atoms with Gasteiger partial charge in [0.05, 0.1) is 5.54 Å². The number of para-hydroxylation sites is 1. The van der Waals surface area contributed by atoms with E-state index in [1.807, 2.05) is 11.0 Å². The minimum Gasteiger partial charge on any atom is -0.356 e. The predicted molar refractivity (Wildman–Crippen MR) is 99.3 cm³/mol. The number of aromatic nitrogens is 1. The smallest absolute Gasteiger partial charge is 0.210 e. The van der Waals surface area contributed by atoms with Gasteiger partial charge in [-0.3, -0.25) is 4.79 Å². The maximum Gasteiger partial charge on any atom is 0.210 e. The summed E-state index contributed by atoms with van der Waals surface area (Å²) in [6.07, 6.45) is 1.91. The Kier molecular flexibility index (Phi) is 3.85. The molecule has 3 aromatic rings. The summed E-state index contributed by atoms with van der Waals surface area (Å²) in [5.41, 5.74) is 3.38. The molecule has 2 aromatic carbocycles. The Bertz CT molecular complexity index is 874. The van der Waals surface area contributed by atoms with Crippen molar-refractivity contribution in [2.24, 2.45) is 0 Å². The molecule has 122 valence electrons. The number of thioether (sulfide) groups is 1. The number of amides is 1. The number of hydrogen-bond donors (Lipinski definition) is 1. The first-order valence-corrected chi connectivity index (χ1v) is 9.21. The maximum atomic E-state index is 11.7. The average molecular weight is 336 g/mol. The van der Waals surface area contributed by atoms with Gasteiger partial charge >= 0.3 is 0 Å². The number of H-pyrrole nitrogens is 1. The summed E-state index contributed by atoms with van der Waals surface area (Å²) in [5.74, 6) is 0.829. The van der Waals surface area contributed by atoms with Gasteiger partial charge in [-0.1, -0.05) is 36.4 Å². The van der Waals surface area contributed by atoms with Crippen LogP contribution in [0.2, 0.25) is 0 Å². The minimum atomic E-state index is -0.325. The molecule has 4 rings (SSSR count). The molecule has 1 unspecified atom stereocenters. The van der Waals surface area contributed by atoms with E-state index in [1.165, 1.54) is 21.5 Å². The van der Waals surface area contributed by atoms with Crippen molar-refractivity contribution in [1.29, 1.82) is 0 Å². The molecule has 0 saturated heterocycles. The summed E-state index contributed by atoms with van der Waals surface area (Å²) in [7, 11) is 0. The van der Waals surface area contributed by atoms with Crippen LogP contribution in [0.3, 0.4) is 0 Å². The van der Waals surface area contributed by atoms with Gasteiger partial charge < -0.3 is 9.88 Å². The van der Waals surface area contributed by atoms with Crippen molar-refractivity contribution in [1.82, 2.24) is 9.88 Å². The van der Waals surface area contributed by atoms with Crippen molar-refractivity contribution in [3.8, 4) is 0 Å². The third-order valence-electron chi connectivity index (χ3n) is 4.98. The van der Waals surface area contributed by atoms with Crippen LogP contribution in [0.15, 0.2) is 59.5 Å². The number of benzene rings is 2. The Morgan fingerprint density at radius 2 is 1.92 bits per heavy atom. The lowest BCUT2D eigenvalue weighted by molar-refractivity contribution is -0.123. The molecule has 3 nitrogen and oxygen atoms in total. The molecule has 0 saturated carbocycles. The van der Waals surface area contributed by atoms with Crippen LogP contribution in [0.4, 0.5) is 0 Å². The van der Waals surface area contributed by atoms with Gasteiger partial charge in [-0.25, -0.2) is 0 Å². The second kappa shape index (κ2) is 6.02. The number of nitrogens with zero attached hydrogens (tertiary/aromatic N) is 1. The summed E-state index contributed by atoms with van der Waals surface area (Å²) < 4.78 is 0. The normalized spacial score (nSPS) is 20.1. The zero-order valence-electron chi connectivity index (χ0n) is 13.7. The molecule has 1 amide bonds. The highest BCUT2D eigenvalue weighted by atomic mass is 32.2. The van der Waals surface area contributed by atoms with Crippen LogP contribution in [-0.4, -0.2) is 28.6 Å². The van der Waals surface area contributed by atoms with Crippen LogP contribution in [0.1, 0.15) is 18.2 Å². The molecule has 0 radical (unpaired) electrons. The fourth-order valence-corrected chi connectivity index (χ4v) is 4.71. The van der Waals surface area contributed by atoms with Gasteiger partial charge in [0.1, 0.15) is 0 Å². The summed E-state index contributed by atoms with van der Waals surface area (Å²) in [6.45, 7) is 2.94. The number of nitrogens with one attached hydrogen (secondary N) is 1. The first-order chi connectivity index (χ1) is 11.7. The highest BCUT2D eigenvalue weighted by molar-refractivity contribution is 7.99. The summed E-state index contributed by atoms with van der Waals surface area (Å²) in [5, 5.41) is 1.29. The Labute approximate surface area is 146 Å². The van der Waals surface area contributed by atoms with Crippen LogP contribution < -0.4 is 0 Å². The van der Waals surface area contributed by atoms with Crippen molar-refractivity contribution in [3.05, 3.63) is 65.9 Å². The van der Waals surface area contributed by atoms with E-state index in [0.29, 0.717) is 0 Å². The summed E-state index contributed by atoms with van der Waals surface area (Å²) in [4.78, 5) is 18.5. The largest absolute Gasteiger partial charge is 0.356 e. The standard InChI is InChI=1S/C20H20N2OS/c1-20(13-24-15-7-3-2-4-8-15)19-17(11-12-22(20)14-23)16-9-5-6-10-18(16)21-19/h2-10,14,21H,11-13H2,1H3. The SMILES string of the molecule is CC1(CSc2ccccc2)c2[nH]c3ccccc3c2CCN1C=O. The Morgan fingerprint density at radius 1 is 1.17 bits per heavy atom. The van der Waals surface area contributed by atoms with Crippen LogP contribution in [0, 0.1) is 0 Å². The molecule has 0 aliphatic carbocycles. The monoisotopic (exact) mass is 336 g/mol. The number of hydrogen-bond acceptors (Lipinski definition) is 2. The molecule has 2 heterocycles. The molecule has 1 aliphatic heterocycles. The zero-order valence-corrected chi connectivity index (χ0v) is 14.5. The van der Waals surface area contributed by atoms with E-state index in [9.17, 15) is 4.79 Å². The van der Waals surface area contributed by atoms with E-state index in [0.717, 1.165) is 30.6 Å². The second-order valence-electron chi connectivity index (χ2n) is 6.45. The number of fused-ring (bicyclic) bond motifs is 3. The first-order valence-electron chi connectivity index (χ1n) is 8.22. The van der Waals surface area contributed by atoms with Gasteiger partial charge in [0.2, 0.25) is 6.41 Å². The van der Waals surface area contributed by atoms with Gasteiger partial charge in [-0.05, 0) is 37.1 Å². The van der Waals surface area contributed by atoms with Crippen LogP contribution >= 0.6 is 11.8 Å².